The second kappa shape index (κ2) is 5.66. The lowest BCUT2D eigenvalue weighted by Gasteiger charge is -2.13. The van der Waals surface area contributed by atoms with Crippen molar-refractivity contribution in [2.45, 2.75) is 25.4 Å². The Hall–Kier alpha value is -2.74. The molecule has 0 unspecified atom stereocenters. The molecule has 0 bridgehead atoms. The average Bonchev–Trinajstić information content (AvgIpc) is 3.12. The van der Waals surface area contributed by atoms with Crippen molar-refractivity contribution in [2.24, 2.45) is 14.1 Å². The summed E-state index contributed by atoms with van der Waals surface area (Å²) in [5.41, 5.74) is 1.93. The maximum atomic E-state index is 13.3. The number of imidazole rings is 1. The molecule has 130 valence electrons. The van der Waals surface area contributed by atoms with Gasteiger partial charge in [0.2, 0.25) is 0 Å². The fraction of sp³-hybridized carbons (Fsp3) is 0.353. The number of aromatic nitrogens is 4. The third-order valence-corrected chi connectivity index (χ3v) is 4.92. The molecule has 2 aromatic heterocycles. The largest absolute Gasteiger partial charge is 0.329 e. The van der Waals surface area contributed by atoms with Crippen LogP contribution in [-0.2, 0) is 27.1 Å². The highest BCUT2D eigenvalue weighted by atomic mass is 19.1. The molecule has 0 fully saturated rings. The van der Waals surface area contributed by atoms with Crippen LogP contribution < -0.4 is 16.6 Å². The zero-order valence-electron chi connectivity index (χ0n) is 14.0. The SMILES string of the molecule is Cn1c(CN[C@@H]2CCc3cc(F)ccc32)nc2c1c(=O)[nH]c(=O)n2C. The summed E-state index contributed by atoms with van der Waals surface area (Å²) in [7, 11) is 3.33. The van der Waals surface area contributed by atoms with Crippen LogP contribution in [-0.4, -0.2) is 19.1 Å². The molecule has 25 heavy (non-hydrogen) atoms. The number of hydrogen-bond donors (Lipinski definition) is 2. The van der Waals surface area contributed by atoms with Gasteiger partial charge in [-0.05, 0) is 36.1 Å². The number of H-pyrrole nitrogens is 1. The summed E-state index contributed by atoms with van der Waals surface area (Å²) in [5.74, 6) is 0.451. The van der Waals surface area contributed by atoms with E-state index in [0.717, 1.165) is 24.0 Å². The number of benzene rings is 1. The molecule has 1 aliphatic rings. The Labute approximate surface area is 142 Å². The summed E-state index contributed by atoms with van der Waals surface area (Å²) in [6.45, 7) is 0.445. The standard InChI is InChI=1S/C17H18FN5O2/c1-22-13(20-15-14(22)16(24)21-17(25)23(15)2)8-19-12-6-3-9-7-10(18)4-5-11(9)12/h4-5,7,12,19H,3,6,8H2,1-2H3,(H,21,24,25)/t12-/m1/s1. The molecule has 1 atom stereocenters. The van der Waals surface area contributed by atoms with Gasteiger partial charge in [0, 0.05) is 20.1 Å². The molecule has 0 aliphatic heterocycles. The number of nitrogens with one attached hydrogen (secondary N) is 2. The Bertz CT molecular complexity index is 1090. The molecule has 1 aromatic carbocycles. The van der Waals surface area contributed by atoms with Crippen molar-refractivity contribution in [3.63, 3.8) is 0 Å². The predicted octanol–water partition coefficient (Wildman–Crippen LogP) is 0.876. The highest BCUT2D eigenvalue weighted by Gasteiger charge is 2.23. The van der Waals surface area contributed by atoms with E-state index in [1.165, 1.54) is 10.6 Å². The van der Waals surface area contributed by atoms with Crippen LogP contribution in [0.1, 0.15) is 29.4 Å². The van der Waals surface area contributed by atoms with E-state index in [1.54, 1.807) is 24.7 Å². The normalized spacial score (nSPS) is 16.5. The van der Waals surface area contributed by atoms with Crippen LogP contribution in [0.3, 0.4) is 0 Å². The summed E-state index contributed by atoms with van der Waals surface area (Å²) in [5, 5.41) is 3.42. The van der Waals surface area contributed by atoms with Gasteiger partial charge in [-0.1, -0.05) is 6.07 Å². The van der Waals surface area contributed by atoms with Gasteiger partial charge in [0.05, 0.1) is 6.54 Å². The molecule has 3 aromatic rings. The van der Waals surface area contributed by atoms with E-state index >= 15 is 0 Å². The van der Waals surface area contributed by atoms with Gasteiger partial charge in [0.1, 0.15) is 11.6 Å². The molecule has 8 heteroatoms. The zero-order valence-corrected chi connectivity index (χ0v) is 14.0. The summed E-state index contributed by atoms with van der Waals surface area (Å²) in [6.07, 6.45) is 1.73. The first-order valence-corrected chi connectivity index (χ1v) is 8.12. The second-order valence-electron chi connectivity index (χ2n) is 6.39. The van der Waals surface area contributed by atoms with Gasteiger partial charge in [-0.3, -0.25) is 14.3 Å². The number of halogens is 1. The van der Waals surface area contributed by atoms with Crippen LogP contribution in [0.2, 0.25) is 0 Å². The number of nitrogens with zero attached hydrogens (tertiary/aromatic N) is 3. The highest BCUT2D eigenvalue weighted by molar-refractivity contribution is 5.70. The van der Waals surface area contributed by atoms with Crippen molar-refractivity contribution >= 4 is 11.2 Å². The Morgan fingerprint density at radius 1 is 1.32 bits per heavy atom. The van der Waals surface area contributed by atoms with Gasteiger partial charge < -0.3 is 9.88 Å². The Kier molecular flexibility index (Phi) is 3.57. The van der Waals surface area contributed by atoms with Gasteiger partial charge in [0.25, 0.3) is 5.56 Å². The first-order chi connectivity index (χ1) is 12.0. The smallest absolute Gasteiger partial charge is 0.324 e. The molecule has 0 saturated heterocycles. The molecule has 7 nitrogen and oxygen atoms in total. The molecule has 0 radical (unpaired) electrons. The van der Waals surface area contributed by atoms with E-state index in [4.69, 9.17) is 0 Å². The van der Waals surface area contributed by atoms with Crippen molar-refractivity contribution in [1.82, 2.24) is 24.4 Å². The molecule has 0 spiro atoms. The quantitative estimate of drug-likeness (QED) is 0.739. The number of rotatable bonds is 3. The molecule has 1 aliphatic carbocycles. The minimum atomic E-state index is -0.484. The van der Waals surface area contributed by atoms with Gasteiger partial charge in [-0.25, -0.2) is 14.2 Å². The van der Waals surface area contributed by atoms with Crippen LogP contribution in [0.5, 0.6) is 0 Å². The Balaban J connectivity index is 1.64. The molecule has 2 N–H and O–H groups in total. The topological polar surface area (TPSA) is 84.7 Å². The molecule has 2 heterocycles. The van der Waals surface area contributed by atoms with E-state index in [2.05, 4.69) is 15.3 Å². The van der Waals surface area contributed by atoms with E-state index in [9.17, 15) is 14.0 Å². The van der Waals surface area contributed by atoms with Crippen LogP contribution in [0, 0.1) is 5.82 Å². The van der Waals surface area contributed by atoms with Crippen LogP contribution in [0.4, 0.5) is 4.39 Å². The Morgan fingerprint density at radius 3 is 2.92 bits per heavy atom. The van der Waals surface area contributed by atoms with Gasteiger partial charge in [-0.2, -0.15) is 0 Å². The van der Waals surface area contributed by atoms with Crippen LogP contribution >= 0.6 is 0 Å². The third kappa shape index (κ3) is 2.49. The maximum absolute atomic E-state index is 13.3. The van der Waals surface area contributed by atoms with Crippen molar-refractivity contribution in [1.29, 1.82) is 0 Å². The monoisotopic (exact) mass is 343 g/mol. The van der Waals surface area contributed by atoms with E-state index < -0.39 is 11.2 Å². The lowest BCUT2D eigenvalue weighted by atomic mass is 10.1. The average molecular weight is 343 g/mol. The molecule has 4 rings (SSSR count). The Morgan fingerprint density at radius 2 is 2.12 bits per heavy atom. The van der Waals surface area contributed by atoms with Crippen molar-refractivity contribution < 1.29 is 4.39 Å². The number of aryl methyl sites for hydroxylation is 3. The van der Waals surface area contributed by atoms with E-state index in [0.29, 0.717) is 23.5 Å². The van der Waals surface area contributed by atoms with Crippen molar-refractivity contribution in [3.8, 4) is 0 Å². The molecule has 0 saturated carbocycles. The number of aromatic amines is 1. The molecule has 0 amide bonds. The van der Waals surface area contributed by atoms with E-state index in [1.807, 2.05) is 6.07 Å². The predicted molar refractivity (Wildman–Crippen MR) is 90.9 cm³/mol. The second-order valence-corrected chi connectivity index (χ2v) is 6.39. The summed E-state index contributed by atoms with van der Waals surface area (Å²) < 4.78 is 16.3. The fourth-order valence-electron chi connectivity index (χ4n) is 3.52. The first kappa shape index (κ1) is 15.8. The van der Waals surface area contributed by atoms with Crippen molar-refractivity contribution in [2.75, 3.05) is 0 Å². The van der Waals surface area contributed by atoms with Crippen LogP contribution in [0.25, 0.3) is 11.2 Å². The van der Waals surface area contributed by atoms with E-state index in [-0.39, 0.29) is 11.9 Å². The third-order valence-electron chi connectivity index (χ3n) is 4.92. The fourth-order valence-corrected chi connectivity index (χ4v) is 3.52. The number of hydrogen-bond acceptors (Lipinski definition) is 4. The summed E-state index contributed by atoms with van der Waals surface area (Å²) in [4.78, 5) is 30.5. The first-order valence-electron chi connectivity index (χ1n) is 8.12. The minimum Gasteiger partial charge on any atom is -0.324 e. The zero-order chi connectivity index (χ0) is 17.7. The van der Waals surface area contributed by atoms with Gasteiger partial charge in [-0.15, -0.1) is 0 Å². The van der Waals surface area contributed by atoms with Gasteiger partial charge in [0.15, 0.2) is 11.2 Å². The summed E-state index contributed by atoms with van der Waals surface area (Å²) in [6, 6.07) is 5.00. The lowest BCUT2D eigenvalue weighted by Crippen LogP contribution is -2.29. The van der Waals surface area contributed by atoms with Crippen LogP contribution in [0.15, 0.2) is 27.8 Å². The van der Waals surface area contributed by atoms with Crippen molar-refractivity contribution in [3.05, 3.63) is 61.8 Å². The minimum absolute atomic E-state index is 0.123. The summed E-state index contributed by atoms with van der Waals surface area (Å²) >= 11 is 0. The lowest BCUT2D eigenvalue weighted by molar-refractivity contribution is 0.513. The highest BCUT2D eigenvalue weighted by Crippen LogP contribution is 2.31. The maximum Gasteiger partial charge on any atom is 0.329 e. The number of fused-ring (bicyclic) bond motifs is 2. The molecular formula is C17H18FN5O2. The van der Waals surface area contributed by atoms with Gasteiger partial charge >= 0.3 is 5.69 Å². The molecular weight excluding hydrogens is 325 g/mol.